The smallest absolute Gasteiger partial charge is 0.407 e. The molecule has 0 radical (unpaired) electrons. The molecule has 0 bridgehead atoms. The van der Waals surface area contributed by atoms with Crippen molar-refractivity contribution in [2.24, 2.45) is 0 Å². The summed E-state index contributed by atoms with van der Waals surface area (Å²) in [6.07, 6.45) is 1.25. The summed E-state index contributed by atoms with van der Waals surface area (Å²) in [6.45, 7) is 6.65. The topological polar surface area (TPSA) is 70.7 Å². The molecule has 3 amide bonds. The minimum Gasteiger partial charge on any atom is -0.444 e. The Bertz CT molecular complexity index is 601. The SMILES string of the molecule is CC(C)(C)OC(=O)NC1CCCN(C(=O)Nc2ccccc2I)C1. The maximum atomic E-state index is 12.4. The number of alkyl carbamates (subject to hydrolysis) is 1. The van der Waals surface area contributed by atoms with Gasteiger partial charge < -0.3 is 20.3 Å². The molecule has 1 aromatic carbocycles. The Labute approximate surface area is 156 Å². The molecule has 0 saturated carbocycles. The van der Waals surface area contributed by atoms with Crippen LogP contribution in [0.2, 0.25) is 0 Å². The van der Waals surface area contributed by atoms with Gasteiger partial charge in [-0.25, -0.2) is 9.59 Å². The maximum Gasteiger partial charge on any atom is 0.407 e. The minimum atomic E-state index is -0.528. The summed E-state index contributed by atoms with van der Waals surface area (Å²) in [5.74, 6) is 0. The summed E-state index contributed by atoms with van der Waals surface area (Å²) < 4.78 is 6.27. The predicted octanol–water partition coefficient (Wildman–Crippen LogP) is 3.81. The van der Waals surface area contributed by atoms with Crippen LogP contribution in [0.5, 0.6) is 0 Å². The third-order valence-corrected chi connectivity index (χ3v) is 4.49. The molecule has 1 heterocycles. The van der Waals surface area contributed by atoms with Gasteiger partial charge in [0.1, 0.15) is 5.60 Å². The normalized spacial score (nSPS) is 18.0. The number of carbonyl (C=O) groups excluding carboxylic acids is 2. The van der Waals surface area contributed by atoms with Crippen LogP contribution in [0.15, 0.2) is 24.3 Å². The fraction of sp³-hybridized carbons (Fsp3) is 0.529. The molecule has 7 heteroatoms. The molecular formula is C17H24IN3O3. The van der Waals surface area contributed by atoms with Gasteiger partial charge >= 0.3 is 12.1 Å². The molecule has 1 fully saturated rings. The predicted molar refractivity (Wildman–Crippen MR) is 102 cm³/mol. The number of carbonyl (C=O) groups is 2. The Kier molecular flexibility index (Phi) is 6.31. The monoisotopic (exact) mass is 445 g/mol. The van der Waals surface area contributed by atoms with Crippen LogP contribution in [-0.2, 0) is 4.74 Å². The van der Waals surface area contributed by atoms with E-state index in [0.29, 0.717) is 13.1 Å². The molecule has 0 aromatic heterocycles. The highest BCUT2D eigenvalue weighted by atomic mass is 127. The number of ether oxygens (including phenoxy) is 1. The van der Waals surface area contributed by atoms with Crippen molar-refractivity contribution in [1.82, 2.24) is 10.2 Å². The van der Waals surface area contributed by atoms with Gasteiger partial charge in [0.25, 0.3) is 0 Å². The first-order chi connectivity index (χ1) is 11.2. The largest absolute Gasteiger partial charge is 0.444 e. The molecule has 1 saturated heterocycles. The number of para-hydroxylation sites is 1. The van der Waals surface area contributed by atoms with E-state index in [-0.39, 0.29) is 12.1 Å². The van der Waals surface area contributed by atoms with Gasteiger partial charge in [-0.3, -0.25) is 0 Å². The van der Waals surface area contributed by atoms with Crippen LogP contribution in [0, 0.1) is 3.57 Å². The van der Waals surface area contributed by atoms with Crippen LogP contribution in [0.4, 0.5) is 15.3 Å². The lowest BCUT2D eigenvalue weighted by atomic mass is 10.1. The Morgan fingerprint density at radius 1 is 1.29 bits per heavy atom. The van der Waals surface area contributed by atoms with E-state index in [1.807, 2.05) is 45.0 Å². The Hall–Kier alpha value is -1.51. The number of anilines is 1. The molecule has 6 nitrogen and oxygen atoms in total. The fourth-order valence-electron chi connectivity index (χ4n) is 2.51. The van der Waals surface area contributed by atoms with E-state index >= 15 is 0 Å². The van der Waals surface area contributed by atoms with Crippen molar-refractivity contribution in [3.8, 4) is 0 Å². The second-order valence-corrected chi connectivity index (χ2v) is 8.00. The number of benzene rings is 1. The van der Waals surface area contributed by atoms with Gasteiger partial charge in [0.2, 0.25) is 0 Å². The maximum absolute atomic E-state index is 12.4. The zero-order valence-electron chi connectivity index (χ0n) is 14.3. The van der Waals surface area contributed by atoms with Crippen molar-refractivity contribution in [1.29, 1.82) is 0 Å². The van der Waals surface area contributed by atoms with E-state index in [0.717, 1.165) is 22.1 Å². The molecule has 1 aliphatic rings. The van der Waals surface area contributed by atoms with Gasteiger partial charge in [0.15, 0.2) is 0 Å². The van der Waals surface area contributed by atoms with Crippen LogP contribution in [0.3, 0.4) is 0 Å². The molecule has 132 valence electrons. The number of hydrogen-bond acceptors (Lipinski definition) is 3. The van der Waals surface area contributed by atoms with Crippen molar-refractivity contribution >= 4 is 40.4 Å². The molecule has 2 rings (SSSR count). The number of nitrogens with zero attached hydrogens (tertiary/aromatic N) is 1. The average molecular weight is 445 g/mol. The van der Waals surface area contributed by atoms with Crippen molar-refractivity contribution < 1.29 is 14.3 Å². The highest BCUT2D eigenvalue weighted by Gasteiger charge is 2.26. The van der Waals surface area contributed by atoms with Crippen molar-refractivity contribution in [2.75, 3.05) is 18.4 Å². The average Bonchev–Trinajstić information content (AvgIpc) is 2.48. The summed E-state index contributed by atoms with van der Waals surface area (Å²) in [6, 6.07) is 7.41. The zero-order chi connectivity index (χ0) is 17.7. The summed E-state index contributed by atoms with van der Waals surface area (Å²) >= 11 is 2.19. The van der Waals surface area contributed by atoms with Crippen LogP contribution in [0.1, 0.15) is 33.6 Å². The molecule has 1 aromatic rings. The van der Waals surface area contributed by atoms with Crippen molar-refractivity contribution in [3.05, 3.63) is 27.8 Å². The van der Waals surface area contributed by atoms with E-state index in [2.05, 4.69) is 33.2 Å². The van der Waals surface area contributed by atoms with Crippen LogP contribution in [-0.4, -0.2) is 41.8 Å². The number of amides is 3. The minimum absolute atomic E-state index is 0.0887. The van der Waals surface area contributed by atoms with E-state index in [4.69, 9.17) is 4.74 Å². The molecular weight excluding hydrogens is 421 g/mol. The van der Waals surface area contributed by atoms with Gasteiger partial charge in [0, 0.05) is 22.7 Å². The van der Waals surface area contributed by atoms with Gasteiger partial charge in [-0.2, -0.15) is 0 Å². The molecule has 0 aliphatic carbocycles. The number of hydrogen-bond donors (Lipinski definition) is 2. The summed E-state index contributed by atoms with van der Waals surface area (Å²) in [5, 5.41) is 5.78. The van der Waals surface area contributed by atoms with E-state index in [9.17, 15) is 9.59 Å². The summed E-state index contributed by atoms with van der Waals surface area (Å²) in [7, 11) is 0. The molecule has 1 atom stereocenters. The van der Waals surface area contributed by atoms with Crippen LogP contribution in [0.25, 0.3) is 0 Å². The van der Waals surface area contributed by atoms with Gasteiger partial charge in [-0.05, 0) is 68.3 Å². The third kappa shape index (κ3) is 5.85. The fourth-order valence-corrected chi connectivity index (χ4v) is 3.03. The molecule has 24 heavy (non-hydrogen) atoms. The highest BCUT2D eigenvalue weighted by molar-refractivity contribution is 14.1. The lowest BCUT2D eigenvalue weighted by molar-refractivity contribution is 0.0480. The van der Waals surface area contributed by atoms with Crippen LogP contribution < -0.4 is 10.6 Å². The van der Waals surface area contributed by atoms with E-state index < -0.39 is 11.7 Å². The van der Waals surface area contributed by atoms with Gasteiger partial charge in [0.05, 0.1) is 5.69 Å². The second-order valence-electron chi connectivity index (χ2n) is 6.84. The first-order valence-electron chi connectivity index (χ1n) is 8.04. The van der Waals surface area contributed by atoms with Gasteiger partial charge in [-0.15, -0.1) is 0 Å². The zero-order valence-corrected chi connectivity index (χ0v) is 16.4. The molecule has 1 aliphatic heterocycles. The summed E-state index contributed by atoms with van der Waals surface area (Å²) in [4.78, 5) is 26.1. The first-order valence-corrected chi connectivity index (χ1v) is 9.12. The van der Waals surface area contributed by atoms with Crippen LogP contribution >= 0.6 is 22.6 Å². The summed E-state index contributed by atoms with van der Waals surface area (Å²) in [5.41, 5.74) is 0.269. The lowest BCUT2D eigenvalue weighted by Crippen LogP contribution is -2.51. The lowest BCUT2D eigenvalue weighted by Gasteiger charge is -2.33. The van der Waals surface area contributed by atoms with E-state index in [1.165, 1.54) is 0 Å². The number of likely N-dealkylation sites (tertiary alicyclic amines) is 1. The Morgan fingerprint density at radius 3 is 2.67 bits per heavy atom. The number of urea groups is 1. The number of nitrogens with one attached hydrogen (secondary N) is 2. The molecule has 2 N–H and O–H groups in total. The Morgan fingerprint density at radius 2 is 2.00 bits per heavy atom. The quantitative estimate of drug-likeness (QED) is 0.681. The van der Waals surface area contributed by atoms with Crippen molar-refractivity contribution in [3.63, 3.8) is 0 Å². The number of rotatable bonds is 2. The molecule has 1 unspecified atom stereocenters. The highest BCUT2D eigenvalue weighted by Crippen LogP contribution is 2.19. The number of piperidine rings is 1. The number of halogens is 1. The first kappa shape index (κ1) is 18.8. The third-order valence-electron chi connectivity index (χ3n) is 3.54. The second kappa shape index (κ2) is 8.04. The Balaban J connectivity index is 1.89. The molecule has 0 spiro atoms. The van der Waals surface area contributed by atoms with Crippen molar-refractivity contribution in [2.45, 2.75) is 45.3 Å². The standard InChI is InChI=1S/C17H24IN3O3/c1-17(2,3)24-16(23)19-12-7-6-10-21(11-12)15(22)20-14-9-5-4-8-13(14)18/h4-5,8-9,12H,6-7,10-11H2,1-3H3,(H,19,23)(H,20,22). The van der Waals surface area contributed by atoms with E-state index in [1.54, 1.807) is 4.90 Å². The van der Waals surface area contributed by atoms with Gasteiger partial charge in [-0.1, -0.05) is 12.1 Å².